The number of nitrogens with zero attached hydrogens (tertiary/aromatic N) is 2. The van der Waals surface area contributed by atoms with Crippen molar-refractivity contribution in [3.8, 4) is 17.7 Å². The summed E-state index contributed by atoms with van der Waals surface area (Å²) in [6, 6.07) is 8.86. The number of aromatic nitrogens is 1. The number of ketones is 1. The molecule has 0 aliphatic rings. The average molecular weight is 256 g/mol. The quantitative estimate of drug-likeness (QED) is 0.791. The number of halogens is 1. The largest absolute Gasteiger partial charge is 0.438 e. The van der Waals surface area contributed by atoms with Crippen LogP contribution < -0.4 is 4.74 Å². The summed E-state index contributed by atoms with van der Waals surface area (Å²) in [4.78, 5) is 15.0. The third kappa shape index (κ3) is 2.75. The molecule has 0 spiro atoms. The fourth-order valence-corrected chi connectivity index (χ4v) is 1.46. The van der Waals surface area contributed by atoms with E-state index in [0.717, 1.165) is 0 Å². The van der Waals surface area contributed by atoms with Crippen LogP contribution in [0.25, 0.3) is 0 Å². The zero-order valence-corrected chi connectivity index (χ0v) is 10.1. The molecule has 2 rings (SSSR count). The number of rotatable bonds is 3. The number of nitriles is 1. The molecule has 4 nitrogen and oxygen atoms in total. The van der Waals surface area contributed by atoms with Crippen LogP contribution in [0.5, 0.6) is 11.6 Å². The van der Waals surface area contributed by atoms with Gasteiger partial charge in [0.1, 0.15) is 23.2 Å². The molecule has 0 saturated heterocycles. The van der Waals surface area contributed by atoms with Gasteiger partial charge in [0.25, 0.3) is 0 Å². The summed E-state index contributed by atoms with van der Waals surface area (Å²) in [6.07, 6.45) is 1.36. The molecule has 1 heterocycles. The van der Waals surface area contributed by atoms with Crippen molar-refractivity contribution in [2.24, 2.45) is 0 Å². The summed E-state index contributed by atoms with van der Waals surface area (Å²) < 4.78 is 18.7. The first-order chi connectivity index (χ1) is 9.11. The molecule has 19 heavy (non-hydrogen) atoms. The highest BCUT2D eigenvalue weighted by Crippen LogP contribution is 2.25. The van der Waals surface area contributed by atoms with Crippen LogP contribution in [0.3, 0.4) is 0 Å². The third-order valence-electron chi connectivity index (χ3n) is 2.44. The average Bonchev–Trinajstić information content (AvgIpc) is 2.39. The molecule has 0 amide bonds. The maximum Gasteiger partial charge on any atom is 0.219 e. The lowest BCUT2D eigenvalue weighted by molar-refractivity contribution is 0.101. The van der Waals surface area contributed by atoms with Crippen LogP contribution >= 0.6 is 0 Å². The lowest BCUT2D eigenvalue weighted by Gasteiger charge is -2.06. The minimum atomic E-state index is -0.652. The topological polar surface area (TPSA) is 63.0 Å². The third-order valence-corrected chi connectivity index (χ3v) is 2.44. The number of benzene rings is 1. The van der Waals surface area contributed by atoms with Gasteiger partial charge in [0.2, 0.25) is 5.88 Å². The molecule has 0 saturated carbocycles. The highest BCUT2D eigenvalue weighted by atomic mass is 19.1. The van der Waals surface area contributed by atoms with E-state index in [9.17, 15) is 9.18 Å². The highest BCUT2D eigenvalue weighted by molar-refractivity contribution is 5.93. The molecule has 0 atom stereocenters. The van der Waals surface area contributed by atoms with Gasteiger partial charge in [-0.15, -0.1) is 0 Å². The zero-order chi connectivity index (χ0) is 13.8. The van der Waals surface area contributed by atoms with Crippen LogP contribution in [0.1, 0.15) is 22.8 Å². The van der Waals surface area contributed by atoms with Crippen LogP contribution in [-0.4, -0.2) is 10.8 Å². The number of ether oxygens (including phenoxy) is 1. The van der Waals surface area contributed by atoms with Gasteiger partial charge in [-0.05, 0) is 25.1 Å². The van der Waals surface area contributed by atoms with E-state index in [4.69, 9.17) is 10.00 Å². The fraction of sp³-hybridized carbons (Fsp3) is 0.0714. The molecule has 0 N–H and O–H groups in total. The molecule has 2 aromatic rings. The number of pyridine rings is 1. The molecule has 0 aliphatic heterocycles. The Labute approximate surface area is 109 Å². The van der Waals surface area contributed by atoms with E-state index in [0.29, 0.717) is 5.56 Å². The number of carbonyl (C=O) groups is 1. The van der Waals surface area contributed by atoms with Gasteiger partial charge < -0.3 is 4.74 Å². The van der Waals surface area contributed by atoms with Gasteiger partial charge >= 0.3 is 0 Å². The Morgan fingerprint density at radius 1 is 1.37 bits per heavy atom. The SMILES string of the molecule is CC(=O)c1ccc(Oc2cccc(F)c2C#N)nc1. The van der Waals surface area contributed by atoms with Gasteiger partial charge in [-0.2, -0.15) is 5.26 Å². The summed E-state index contributed by atoms with van der Waals surface area (Å²) >= 11 is 0. The van der Waals surface area contributed by atoms with Crippen molar-refractivity contribution in [2.45, 2.75) is 6.92 Å². The van der Waals surface area contributed by atoms with E-state index < -0.39 is 5.82 Å². The summed E-state index contributed by atoms with van der Waals surface area (Å²) in [7, 11) is 0. The molecule has 0 unspecified atom stereocenters. The minimum Gasteiger partial charge on any atom is -0.438 e. The van der Waals surface area contributed by atoms with E-state index >= 15 is 0 Å². The maximum atomic E-state index is 13.4. The molecule has 5 heteroatoms. The Bertz CT molecular complexity index is 660. The standard InChI is InChI=1S/C14H9FN2O2/c1-9(18)10-5-6-14(17-8-10)19-13-4-2-3-12(15)11(13)7-16/h2-6,8H,1H3. The van der Waals surface area contributed by atoms with E-state index in [2.05, 4.69) is 4.98 Å². The second-order valence-electron chi connectivity index (χ2n) is 3.77. The molecule has 0 aliphatic carbocycles. The number of hydrogen-bond donors (Lipinski definition) is 0. The first kappa shape index (κ1) is 12.7. The lowest BCUT2D eigenvalue weighted by Crippen LogP contribution is -1.96. The van der Waals surface area contributed by atoms with Crippen molar-refractivity contribution in [1.29, 1.82) is 5.26 Å². The first-order valence-corrected chi connectivity index (χ1v) is 5.45. The van der Waals surface area contributed by atoms with Crippen LogP contribution in [0, 0.1) is 17.1 Å². The molecular formula is C14H9FN2O2. The van der Waals surface area contributed by atoms with Crippen molar-refractivity contribution in [3.05, 3.63) is 53.5 Å². The summed E-state index contributed by atoms with van der Waals surface area (Å²) in [6.45, 7) is 1.43. The van der Waals surface area contributed by atoms with Crippen LogP contribution in [0.2, 0.25) is 0 Å². The molecule has 0 bridgehead atoms. The number of hydrogen-bond acceptors (Lipinski definition) is 4. The van der Waals surface area contributed by atoms with E-state index in [-0.39, 0.29) is 23.0 Å². The van der Waals surface area contributed by atoms with Crippen molar-refractivity contribution >= 4 is 5.78 Å². The Morgan fingerprint density at radius 3 is 2.74 bits per heavy atom. The molecular weight excluding hydrogens is 247 g/mol. The molecule has 0 fully saturated rings. The number of carbonyl (C=O) groups excluding carboxylic acids is 1. The zero-order valence-electron chi connectivity index (χ0n) is 10.1. The van der Waals surface area contributed by atoms with E-state index in [1.165, 1.54) is 37.4 Å². The Morgan fingerprint density at radius 2 is 2.16 bits per heavy atom. The Kier molecular flexibility index (Phi) is 3.53. The van der Waals surface area contributed by atoms with E-state index in [1.807, 2.05) is 0 Å². The predicted octanol–water partition coefficient (Wildman–Crippen LogP) is 3.09. The van der Waals surface area contributed by atoms with Gasteiger partial charge in [0.15, 0.2) is 5.78 Å². The van der Waals surface area contributed by atoms with Gasteiger partial charge in [-0.3, -0.25) is 4.79 Å². The van der Waals surface area contributed by atoms with Crippen molar-refractivity contribution in [3.63, 3.8) is 0 Å². The van der Waals surface area contributed by atoms with Crippen LogP contribution in [0.15, 0.2) is 36.5 Å². The van der Waals surface area contributed by atoms with Gasteiger partial charge in [-0.25, -0.2) is 9.37 Å². The van der Waals surface area contributed by atoms with E-state index in [1.54, 1.807) is 12.1 Å². The molecule has 94 valence electrons. The first-order valence-electron chi connectivity index (χ1n) is 5.45. The molecule has 1 aromatic heterocycles. The van der Waals surface area contributed by atoms with Crippen molar-refractivity contribution in [1.82, 2.24) is 4.98 Å². The minimum absolute atomic E-state index is 0.0885. The predicted molar refractivity (Wildman–Crippen MR) is 65.4 cm³/mol. The normalized spacial score (nSPS) is 9.74. The van der Waals surface area contributed by atoms with Crippen LogP contribution in [-0.2, 0) is 0 Å². The smallest absolute Gasteiger partial charge is 0.219 e. The Balaban J connectivity index is 2.29. The molecule has 1 aromatic carbocycles. The van der Waals surface area contributed by atoms with Crippen molar-refractivity contribution < 1.29 is 13.9 Å². The summed E-state index contributed by atoms with van der Waals surface area (Å²) in [5.74, 6) is -0.486. The second kappa shape index (κ2) is 5.27. The van der Waals surface area contributed by atoms with Gasteiger partial charge in [0.05, 0.1) is 0 Å². The highest BCUT2D eigenvalue weighted by Gasteiger charge is 2.10. The maximum absolute atomic E-state index is 13.4. The van der Waals surface area contributed by atoms with Crippen LogP contribution in [0.4, 0.5) is 4.39 Å². The van der Waals surface area contributed by atoms with Gasteiger partial charge in [0, 0.05) is 17.8 Å². The van der Waals surface area contributed by atoms with Crippen molar-refractivity contribution in [2.75, 3.05) is 0 Å². The monoisotopic (exact) mass is 256 g/mol. The van der Waals surface area contributed by atoms with Gasteiger partial charge in [-0.1, -0.05) is 6.07 Å². The lowest BCUT2D eigenvalue weighted by atomic mass is 10.2. The molecule has 0 radical (unpaired) electrons. The summed E-state index contributed by atoms with van der Waals surface area (Å²) in [5, 5.41) is 8.86. The number of Topliss-reactive ketones (excluding diaryl/α,β-unsaturated/α-hetero) is 1. The Hall–Kier alpha value is -2.74. The second-order valence-corrected chi connectivity index (χ2v) is 3.77. The fourth-order valence-electron chi connectivity index (χ4n) is 1.46. The summed E-state index contributed by atoms with van der Waals surface area (Å²) in [5.41, 5.74) is 0.270.